The van der Waals surface area contributed by atoms with Crippen LogP contribution in [-0.2, 0) is 4.79 Å². The maximum absolute atomic E-state index is 13.6. The predicted octanol–water partition coefficient (Wildman–Crippen LogP) is 3.46. The van der Waals surface area contributed by atoms with Gasteiger partial charge in [0.25, 0.3) is 5.91 Å². The first-order valence-electron chi connectivity index (χ1n) is 6.56. The van der Waals surface area contributed by atoms with E-state index in [2.05, 4.69) is 21.2 Å². The molecule has 0 radical (unpaired) electrons. The second-order valence-corrected chi connectivity index (χ2v) is 7.05. The van der Waals surface area contributed by atoms with Crippen LogP contribution in [0, 0.1) is 17.2 Å². The van der Waals surface area contributed by atoms with Crippen LogP contribution in [0.15, 0.2) is 22.7 Å². The van der Waals surface area contributed by atoms with Crippen LogP contribution in [0.3, 0.4) is 0 Å². The van der Waals surface area contributed by atoms with Gasteiger partial charge in [-0.3, -0.25) is 9.59 Å². The Labute approximate surface area is 131 Å². The normalized spacial score (nSPS) is 12.8. The maximum atomic E-state index is 13.6. The zero-order valence-corrected chi connectivity index (χ0v) is 13.8. The van der Waals surface area contributed by atoms with E-state index in [4.69, 9.17) is 0 Å². The first-order valence-corrected chi connectivity index (χ1v) is 7.35. The molecule has 6 heteroatoms. The molecule has 1 rings (SSSR count). The number of hydrogen-bond acceptors (Lipinski definition) is 2. The second kappa shape index (κ2) is 7.02. The molecule has 1 aromatic rings. The molecule has 0 saturated heterocycles. The van der Waals surface area contributed by atoms with E-state index in [1.165, 1.54) is 18.2 Å². The molecule has 4 nitrogen and oxygen atoms in total. The van der Waals surface area contributed by atoms with Gasteiger partial charge < -0.3 is 10.4 Å². The van der Waals surface area contributed by atoms with E-state index in [1.807, 2.05) is 20.8 Å². The van der Waals surface area contributed by atoms with Crippen LogP contribution < -0.4 is 5.32 Å². The largest absolute Gasteiger partial charge is 0.481 e. The van der Waals surface area contributed by atoms with Crippen molar-refractivity contribution in [2.24, 2.45) is 11.3 Å². The number of benzene rings is 1. The van der Waals surface area contributed by atoms with E-state index in [0.717, 1.165) is 0 Å². The number of amides is 1. The van der Waals surface area contributed by atoms with Crippen LogP contribution in [0.5, 0.6) is 0 Å². The van der Waals surface area contributed by atoms with Gasteiger partial charge in [0.05, 0.1) is 11.5 Å². The molecule has 1 unspecified atom stereocenters. The van der Waals surface area contributed by atoms with Gasteiger partial charge in [0.1, 0.15) is 5.82 Å². The quantitative estimate of drug-likeness (QED) is 0.845. The third kappa shape index (κ3) is 5.83. The van der Waals surface area contributed by atoms with Gasteiger partial charge in [-0.2, -0.15) is 0 Å². The summed E-state index contributed by atoms with van der Waals surface area (Å²) in [5.74, 6) is -2.93. The standard InChI is InChI=1S/C15H19BrFNO3/c1-15(2,3)7-9(14(20)21)8-18-13(19)11-6-10(16)4-5-12(11)17/h4-6,9H,7-8H2,1-3H3,(H,18,19)(H,20,21). The van der Waals surface area contributed by atoms with Crippen molar-refractivity contribution >= 4 is 27.8 Å². The minimum Gasteiger partial charge on any atom is -0.481 e. The first-order chi connectivity index (χ1) is 9.60. The molecule has 0 aromatic heterocycles. The molecule has 1 amide bonds. The number of aliphatic carboxylic acids is 1. The molecule has 1 atom stereocenters. The Kier molecular flexibility index (Phi) is 5.89. The number of hydrogen-bond donors (Lipinski definition) is 2. The summed E-state index contributed by atoms with van der Waals surface area (Å²) in [7, 11) is 0. The number of rotatable bonds is 5. The zero-order chi connectivity index (χ0) is 16.2. The summed E-state index contributed by atoms with van der Waals surface area (Å²) < 4.78 is 14.2. The minimum atomic E-state index is -0.972. The molecule has 1 aromatic carbocycles. The average Bonchev–Trinajstić information content (AvgIpc) is 2.35. The molecule has 0 bridgehead atoms. The molecule has 116 valence electrons. The van der Waals surface area contributed by atoms with Gasteiger partial charge in [0.15, 0.2) is 0 Å². The van der Waals surface area contributed by atoms with Gasteiger partial charge in [-0.05, 0) is 30.0 Å². The summed E-state index contributed by atoms with van der Waals surface area (Å²) in [6, 6.07) is 4.04. The van der Waals surface area contributed by atoms with Gasteiger partial charge in [-0.15, -0.1) is 0 Å². The highest BCUT2D eigenvalue weighted by atomic mass is 79.9. The summed E-state index contributed by atoms with van der Waals surface area (Å²) in [6.45, 7) is 5.76. The van der Waals surface area contributed by atoms with Crippen LogP contribution in [-0.4, -0.2) is 23.5 Å². The fourth-order valence-electron chi connectivity index (χ4n) is 1.97. The van der Waals surface area contributed by atoms with Crippen molar-refractivity contribution < 1.29 is 19.1 Å². The summed E-state index contributed by atoms with van der Waals surface area (Å²) in [4.78, 5) is 23.2. The minimum absolute atomic E-state index is 0.0304. The van der Waals surface area contributed by atoms with Crippen molar-refractivity contribution in [2.45, 2.75) is 27.2 Å². The van der Waals surface area contributed by atoms with E-state index in [9.17, 15) is 19.1 Å². The lowest BCUT2D eigenvalue weighted by Crippen LogP contribution is -2.35. The smallest absolute Gasteiger partial charge is 0.308 e. The Morgan fingerprint density at radius 1 is 1.38 bits per heavy atom. The lowest BCUT2D eigenvalue weighted by Gasteiger charge is -2.23. The lowest BCUT2D eigenvalue weighted by molar-refractivity contribution is -0.142. The van der Waals surface area contributed by atoms with E-state index in [-0.39, 0.29) is 17.5 Å². The number of halogens is 2. The Balaban J connectivity index is 2.74. The highest BCUT2D eigenvalue weighted by Gasteiger charge is 2.25. The average molecular weight is 360 g/mol. The number of carboxylic acids is 1. The molecule has 0 fully saturated rings. The molecular weight excluding hydrogens is 341 g/mol. The highest BCUT2D eigenvalue weighted by Crippen LogP contribution is 2.24. The van der Waals surface area contributed by atoms with Crippen LogP contribution in [0.25, 0.3) is 0 Å². The fraction of sp³-hybridized carbons (Fsp3) is 0.467. The third-order valence-electron chi connectivity index (χ3n) is 2.89. The van der Waals surface area contributed by atoms with Gasteiger partial charge in [0, 0.05) is 11.0 Å². The summed E-state index contributed by atoms with van der Waals surface area (Å²) in [6.07, 6.45) is 0.420. The van der Waals surface area contributed by atoms with Crippen molar-refractivity contribution in [1.82, 2.24) is 5.32 Å². The van der Waals surface area contributed by atoms with Crippen molar-refractivity contribution in [2.75, 3.05) is 6.54 Å². The van der Waals surface area contributed by atoms with Crippen molar-refractivity contribution in [3.8, 4) is 0 Å². The van der Waals surface area contributed by atoms with Crippen molar-refractivity contribution in [1.29, 1.82) is 0 Å². The van der Waals surface area contributed by atoms with Crippen molar-refractivity contribution in [3.63, 3.8) is 0 Å². The van der Waals surface area contributed by atoms with Crippen molar-refractivity contribution in [3.05, 3.63) is 34.1 Å². The van der Waals surface area contributed by atoms with Crippen LogP contribution in [0.2, 0.25) is 0 Å². The molecule has 0 heterocycles. The summed E-state index contributed by atoms with van der Waals surface area (Å²) in [5.41, 5.74) is -0.279. The molecule has 0 aliphatic carbocycles. The number of carbonyl (C=O) groups excluding carboxylic acids is 1. The zero-order valence-electron chi connectivity index (χ0n) is 12.2. The maximum Gasteiger partial charge on any atom is 0.308 e. The second-order valence-electron chi connectivity index (χ2n) is 6.13. The topological polar surface area (TPSA) is 66.4 Å². The molecule has 2 N–H and O–H groups in total. The molecule has 0 spiro atoms. The van der Waals surface area contributed by atoms with E-state index >= 15 is 0 Å². The predicted molar refractivity (Wildman–Crippen MR) is 81.6 cm³/mol. The SMILES string of the molecule is CC(C)(C)CC(CNC(=O)c1cc(Br)ccc1F)C(=O)O. The van der Waals surface area contributed by atoms with Crippen LogP contribution in [0.1, 0.15) is 37.6 Å². The Hall–Kier alpha value is -1.43. The molecule has 21 heavy (non-hydrogen) atoms. The third-order valence-corrected chi connectivity index (χ3v) is 3.38. The number of carbonyl (C=O) groups is 2. The van der Waals surface area contributed by atoms with Gasteiger partial charge >= 0.3 is 5.97 Å². The van der Waals surface area contributed by atoms with Gasteiger partial charge in [0.2, 0.25) is 0 Å². The van der Waals surface area contributed by atoms with Gasteiger partial charge in [-0.25, -0.2) is 4.39 Å². The lowest BCUT2D eigenvalue weighted by atomic mass is 9.84. The monoisotopic (exact) mass is 359 g/mol. The Morgan fingerprint density at radius 2 is 2.00 bits per heavy atom. The van der Waals surface area contributed by atoms with Gasteiger partial charge in [-0.1, -0.05) is 36.7 Å². The Bertz CT molecular complexity index is 540. The summed E-state index contributed by atoms with van der Waals surface area (Å²) >= 11 is 3.17. The molecule has 0 aliphatic heterocycles. The van der Waals surface area contributed by atoms with Crippen LogP contribution in [0.4, 0.5) is 4.39 Å². The molecule has 0 saturated carbocycles. The molecular formula is C15H19BrFNO3. The first kappa shape index (κ1) is 17.6. The summed E-state index contributed by atoms with van der Waals surface area (Å²) in [5, 5.41) is 11.7. The number of carboxylic acid groups (broad SMARTS) is 1. The number of nitrogens with one attached hydrogen (secondary N) is 1. The molecule has 0 aliphatic rings. The fourth-order valence-corrected chi connectivity index (χ4v) is 2.33. The van der Waals surface area contributed by atoms with E-state index < -0.39 is 23.6 Å². The van der Waals surface area contributed by atoms with E-state index in [0.29, 0.717) is 10.9 Å². The van der Waals surface area contributed by atoms with E-state index in [1.54, 1.807) is 0 Å². The van der Waals surface area contributed by atoms with Crippen LogP contribution >= 0.6 is 15.9 Å². The highest BCUT2D eigenvalue weighted by molar-refractivity contribution is 9.10. The Morgan fingerprint density at radius 3 is 2.52 bits per heavy atom.